The van der Waals surface area contributed by atoms with Gasteiger partial charge < -0.3 is 14.4 Å². The fourth-order valence-corrected chi connectivity index (χ4v) is 3.00. The molecule has 0 unspecified atom stereocenters. The van der Waals surface area contributed by atoms with Crippen LogP contribution in [0.3, 0.4) is 0 Å². The van der Waals surface area contributed by atoms with Gasteiger partial charge in [0.05, 0.1) is 19.8 Å². The number of likely N-dealkylation sites (tertiary alicyclic amines) is 1. The Morgan fingerprint density at radius 1 is 1.22 bits per heavy atom. The van der Waals surface area contributed by atoms with E-state index in [4.69, 9.17) is 9.47 Å². The van der Waals surface area contributed by atoms with E-state index in [0.717, 1.165) is 12.8 Å². The first-order chi connectivity index (χ1) is 8.50. The molecule has 3 aliphatic rings. The molecule has 0 aromatic carbocycles. The van der Waals surface area contributed by atoms with Crippen molar-refractivity contribution in [3.63, 3.8) is 0 Å². The molecular formula is C12H17F2NO3. The monoisotopic (exact) mass is 261 g/mol. The van der Waals surface area contributed by atoms with Crippen molar-refractivity contribution in [1.29, 1.82) is 0 Å². The van der Waals surface area contributed by atoms with Gasteiger partial charge >= 0.3 is 0 Å². The Morgan fingerprint density at radius 3 is 2.50 bits per heavy atom. The first-order valence-electron chi connectivity index (χ1n) is 6.44. The van der Waals surface area contributed by atoms with Crippen LogP contribution in [0.2, 0.25) is 0 Å². The summed E-state index contributed by atoms with van der Waals surface area (Å²) in [6.07, 6.45) is 0.959. The summed E-state index contributed by atoms with van der Waals surface area (Å²) >= 11 is 0. The Morgan fingerprint density at radius 2 is 1.89 bits per heavy atom. The predicted molar refractivity (Wildman–Crippen MR) is 58.1 cm³/mol. The molecule has 6 heteroatoms. The number of halogens is 2. The maximum atomic E-state index is 12.8. The average Bonchev–Trinajstić information content (AvgIpc) is 2.73. The fraction of sp³-hybridized carbons (Fsp3) is 0.917. The quantitative estimate of drug-likeness (QED) is 0.716. The number of rotatable bonds is 1. The summed E-state index contributed by atoms with van der Waals surface area (Å²) in [5.41, 5.74) is 0. The lowest BCUT2D eigenvalue weighted by atomic mass is 9.80. The highest BCUT2D eigenvalue weighted by Crippen LogP contribution is 2.44. The standard InChI is InChI=1S/C12H17F2NO3/c13-11(14)6-9(7-11)10(16)15-3-1-2-12(8-15)17-4-5-18-12/h9H,1-8H2. The summed E-state index contributed by atoms with van der Waals surface area (Å²) in [6, 6.07) is 0. The van der Waals surface area contributed by atoms with Gasteiger partial charge in [0, 0.05) is 31.7 Å². The average molecular weight is 261 g/mol. The van der Waals surface area contributed by atoms with Crippen molar-refractivity contribution in [2.75, 3.05) is 26.3 Å². The maximum Gasteiger partial charge on any atom is 0.249 e. The number of hydrogen-bond acceptors (Lipinski definition) is 3. The second kappa shape index (κ2) is 4.13. The topological polar surface area (TPSA) is 38.8 Å². The number of alkyl halides is 2. The minimum absolute atomic E-state index is 0.167. The van der Waals surface area contributed by atoms with Gasteiger partial charge in [-0.1, -0.05) is 0 Å². The molecule has 1 amide bonds. The second-order valence-electron chi connectivity index (χ2n) is 5.43. The van der Waals surface area contributed by atoms with Crippen LogP contribution < -0.4 is 0 Å². The number of piperidine rings is 1. The molecule has 3 rings (SSSR count). The predicted octanol–water partition coefficient (Wildman–Crippen LogP) is 1.40. The highest BCUT2D eigenvalue weighted by atomic mass is 19.3. The van der Waals surface area contributed by atoms with Crippen molar-refractivity contribution in [2.45, 2.75) is 37.4 Å². The van der Waals surface area contributed by atoms with Crippen LogP contribution in [-0.4, -0.2) is 48.8 Å². The fourth-order valence-electron chi connectivity index (χ4n) is 3.00. The largest absolute Gasteiger partial charge is 0.346 e. The Hall–Kier alpha value is -0.750. The first kappa shape index (κ1) is 12.3. The molecular weight excluding hydrogens is 244 g/mol. The van der Waals surface area contributed by atoms with Crippen molar-refractivity contribution < 1.29 is 23.0 Å². The summed E-state index contributed by atoms with van der Waals surface area (Å²) in [6.45, 7) is 2.09. The van der Waals surface area contributed by atoms with E-state index in [9.17, 15) is 13.6 Å². The van der Waals surface area contributed by atoms with Crippen LogP contribution >= 0.6 is 0 Å². The molecule has 0 bridgehead atoms. The molecule has 2 saturated heterocycles. The lowest BCUT2D eigenvalue weighted by Gasteiger charge is -2.42. The Bertz CT molecular complexity index is 347. The molecule has 0 radical (unpaired) electrons. The van der Waals surface area contributed by atoms with E-state index in [1.54, 1.807) is 4.90 Å². The minimum Gasteiger partial charge on any atom is -0.346 e. The number of hydrogen-bond donors (Lipinski definition) is 0. The van der Waals surface area contributed by atoms with Gasteiger partial charge in [0.1, 0.15) is 0 Å². The van der Waals surface area contributed by atoms with Crippen LogP contribution in [0.15, 0.2) is 0 Å². The van der Waals surface area contributed by atoms with Crippen molar-refractivity contribution in [3.8, 4) is 0 Å². The van der Waals surface area contributed by atoms with Crippen LogP contribution in [0.4, 0.5) is 8.78 Å². The third-order valence-corrected chi connectivity index (χ3v) is 3.98. The second-order valence-corrected chi connectivity index (χ2v) is 5.43. The summed E-state index contributed by atoms with van der Waals surface area (Å²) in [5, 5.41) is 0. The number of carbonyl (C=O) groups excluding carboxylic acids is 1. The molecule has 1 aliphatic carbocycles. The Balaban J connectivity index is 1.61. The van der Waals surface area contributed by atoms with E-state index in [0.29, 0.717) is 26.3 Å². The van der Waals surface area contributed by atoms with E-state index >= 15 is 0 Å². The molecule has 3 fully saturated rings. The normalized spacial score (nSPS) is 30.4. The number of carbonyl (C=O) groups is 1. The molecule has 0 N–H and O–H groups in total. The molecule has 2 heterocycles. The molecule has 4 nitrogen and oxygen atoms in total. The van der Waals surface area contributed by atoms with E-state index in [1.807, 2.05) is 0 Å². The van der Waals surface area contributed by atoms with Gasteiger partial charge in [-0.05, 0) is 6.42 Å². The molecule has 102 valence electrons. The highest BCUT2D eigenvalue weighted by molar-refractivity contribution is 5.80. The molecule has 0 aromatic rings. The number of amides is 1. The molecule has 1 spiro atoms. The van der Waals surface area contributed by atoms with Crippen molar-refractivity contribution in [2.24, 2.45) is 5.92 Å². The van der Waals surface area contributed by atoms with Gasteiger partial charge in [0.15, 0.2) is 5.79 Å². The van der Waals surface area contributed by atoms with Gasteiger partial charge in [-0.2, -0.15) is 0 Å². The van der Waals surface area contributed by atoms with E-state index in [-0.39, 0.29) is 18.7 Å². The van der Waals surface area contributed by atoms with Gasteiger partial charge in [-0.25, -0.2) is 8.78 Å². The van der Waals surface area contributed by atoms with Crippen LogP contribution in [0.5, 0.6) is 0 Å². The van der Waals surface area contributed by atoms with Crippen molar-refractivity contribution in [1.82, 2.24) is 4.90 Å². The summed E-state index contributed by atoms with van der Waals surface area (Å²) in [7, 11) is 0. The molecule has 0 atom stereocenters. The van der Waals surface area contributed by atoms with Gasteiger partial charge in [0.2, 0.25) is 11.8 Å². The van der Waals surface area contributed by atoms with Crippen molar-refractivity contribution >= 4 is 5.91 Å². The SMILES string of the molecule is O=C(C1CC(F)(F)C1)N1CCCC2(C1)OCCO2. The lowest BCUT2D eigenvalue weighted by Crippen LogP contribution is -2.55. The smallest absolute Gasteiger partial charge is 0.249 e. The minimum atomic E-state index is -2.64. The third-order valence-electron chi connectivity index (χ3n) is 3.98. The first-order valence-corrected chi connectivity index (χ1v) is 6.44. The van der Waals surface area contributed by atoms with Gasteiger partial charge in [-0.15, -0.1) is 0 Å². The van der Waals surface area contributed by atoms with E-state index in [2.05, 4.69) is 0 Å². The number of ether oxygens (including phenoxy) is 2. The van der Waals surface area contributed by atoms with Gasteiger partial charge in [-0.3, -0.25) is 4.79 Å². The molecule has 18 heavy (non-hydrogen) atoms. The summed E-state index contributed by atoms with van der Waals surface area (Å²) in [5.74, 6) is -4.00. The zero-order chi connectivity index (χ0) is 12.8. The van der Waals surface area contributed by atoms with E-state index < -0.39 is 17.6 Å². The molecule has 2 aliphatic heterocycles. The number of nitrogens with zero attached hydrogens (tertiary/aromatic N) is 1. The Kier molecular flexibility index (Phi) is 2.82. The van der Waals surface area contributed by atoms with E-state index in [1.165, 1.54) is 0 Å². The van der Waals surface area contributed by atoms with Crippen LogP contribution in [-0.2, 0) is 14.3 Å². The van der Waals surface area contributed by atoms with Crippen LogP contribution in [0.1, 0.15) is 25.7 Å². The van der Waals surface area contributed by atoms with Crippen LogP contribution in [0.25, 0.3) is 0 Å². The van der Waals surface area contributed by atoms with Gasteiger partial charge in [0.25, 0.3) is 0 Å². The molecule has 1 saturated carbocycles. The van der Waals surface area contributed by atoms with Crippen molar-refractivity contribution in [3.05, 3.63) is 0 Å². The zero-order valence-corrected chi connectivity index (χ0v) is 10.2. The lowest BCUT2D eigenvalue weighted by molar-refractivity contribution is -0.200. The summed E-state index contributed by atoms with van der Waals surface area (Å²) in [4.78, 5) is 13.7. The summed E-state index contributed by atoms with van der Waals surface area (Å²) < 4.78 is 36.7. The zero-order valence-electron chi connectivity index (χ0n) is 10.2. The molecule has 0 aromatic heterocycles. The highest BCUT2D eigenvalue weighted by Gasteiger charge is 2.51. The van der Waals surface area contributed by atoms with Crippen LogP contribution in [0, 0.1) is 5.92 Å². The third kappa shape index (κ3) is 2.12. The Labute approximate surface area is 104 Å². The maximum absolute atomic E-state index is 12.8.